The summed E-state index contributed by atoms with van der Waals surface area (Å²) < 4.78 is 5.97. The molecule has 0 saturated heterocycles. The maximum Gasteiger partial charge on any atom is 0.255 e. The lowest BCUT2D eigenvalue weighted by Crippen LogP contribution is -2.12. The minimum absolute atomic E-state index is 0.121. The zero-order valence-corrected chi connectivity index (χ0v) is 18.0. The average molecular weight is 410 g/mol. The van der Waals surface area contributed by atoms with Crippen LogP contribution >= 0.6 is 0 Å². The van der Waals surface area contributed by atoms with Crippen LogP contribution < -0.4 is 10.1 Å². The molecule has 31 heavy (non-hydrogen) atoms. The first-order valence-electron chi connectivity index (χ1n) is 10.7. The van der Waals surface area contributed by atoms with Gasteiger partial charge in [0.15, 0.2) is 0 Å². The highest BCUT2D eigenvalue weighted by Gasteiger charge is 2.09. The van der Waals surface area contributed by atoms with Gasteiger partial charge in [-0.25, -0.2) is 0 Å². The van der Waals surface area contributed by atoms with Gasteiger partial charge in [-0.3, -0.25) is 4.79 Å². The molecule has 3 heteroatoms. The van der Waals surface area contributed by atoms with E-state index < -0.39 is 0 Å². The van der Waals surface area contributed by atoms with Gasteiger partial charge in [0.05, 0.1) is 0 Å². The number of hydrogen-bond acceptors (Lipinski definition) is 2. The molecule has 0 heterocycles. The second-order valence-electron chi connectivity index (χ2n) is 7.88. The van der Waals surface area contributed by atoms with Gasteiger partial charge in [0, 0.05) is 11.3 Å². The van der Waals surface area contributed by atoms with E-state index >= 15 is 0 Å². The number of rotatable bonds is 7. The Kier molecular flexibility index (Phi) is 6.32. The number of nitrogens with one attached hydrogen (secondary N) is 1. The Hall–Kier alpha value is -3.59. The van der Waals surface area contributed by atoms with E-state index in [0.717, 1.165) is 28.8 Å². The second-order valence-corrected chi connectivity index (χ2v) is 7.88. The van der Waals surface area contributed by atoms with Crippen LogP contribution in [0.25, 0.3) is 10.8 Å². The lowest BCUT2D eigenvalue weighted by molar-refractivity contribution is 0.102. The summed E-state index contributed by atoms with van der Waals surface area (Å²) in [4.78, 5) is 12.7. The molecular formula is C28H27NO2. The molecule has 4 aromatic rings. The van der Waals surface area contributed by atoms with Crippen molar-refractivity contribution in [2.45, 2.75) is 32.8 Å². The quantitative estimate of drug-likeness (QED) is 0.351. The molecule has 0 bridgehead atoms. The average Bonchev–Trinajstić information content (AvgIpc) is 2.82. The Balaban J connectivity index is 1.40. The van der Waals surface area contributed by atoms with E-state index in [1.54, 1.807) is 0 Å². The summed E-state index contributed by atoms with van der Waals surface area (Å²) in [6, 6.07) is 29.9. The van der Waals surface area contributed by atoms with Crippen molar-refractivity contribution < 1.29 is 9.53 Å². The summed E-state index contributed by atoms with van der Waals surface area (Å²) in [5.74, 6) is 1.21. The Bertz CT molecular complexity index is 1180. The Labute approximate surface area is 183 Å². The molecule has 0 saturated carbocycles. The Morgan fingerprint density at radius 3 is 2.42 bits per heavy atom. The van der Waals surface area contributed by atoms with E-state index in [9.17, 15) is 4.79 Å². The molecule has 1 atom stereocenters. The molecule has 156 valence electrons. The fraction of sp³-hybridized carbons (Fsp3) is 0.179. The van der Waals surface area contributed by atoms with Crippen LogP contribution in [-0.4, -0.2) is 5.91 Å². The highest BCUT2D eigenvalue weighted by Crippen LogP contribution is 2.23. The molecule has 0 aromatic heterocycles. The Morgan fingerprint density at radius 2 is 1.65 bits per heavy atom. The molecule has 1 amide bonds. The number of benzene rings is 4. The number of ether oxygens (including phenoxy) is 1. The van der Waals surface area contributed by atoms with Gasteiger partial charge >= 0.3 is 0 Å². The van der Waals surface area contributed by atoms with Crippen LogP contribution in [0.1, 0.15) is 47.7 Å². The van der Waals surface area contributed by atoms with Crippen molar-refractivity contribution in [3.8, 4) is 5.75 Å². The van der Waals surface area contributed by atoms with Crippen LogP contribution in [0.2, 0.25) is 0 Å². The summed E-state index contributed by atoms with van der Waals surface area (Å²) >= 11 is 0. The highest BCUT2D eigenvalue weighted by atomic mass is 16.5. The first-order valence-corrected chi connectivity index (χ1v) is 10.7. The molecular weight excluding hydrogens is 382 g/mol. The molecule has 4 rings (SSSR count). The monoisotopic (exact) mass is 409 g/mol. The number of carbonyl (C=O) groups is 1. The zero-order valence-electron chi connectivity index (χ0n) is 18.0. The molecule has 0 radical (unpaired) electrons. The lowest BCUT2D eigenvalue weighted by atomic mass is 9.98. The predicted molar refractivity (Wildman–Crippen MR) is 128 cm³/mol. The third-order valence-electron chi connectivity index (χ3n) is 5.67. The standard InChI is InChI=1S/C28H27NO2/c1-3-20(2)22-11-14-26(15-12-22)29-28(30)25-10-6-7-21(17-25)19-31-27-16-13-23-8-4-5-9-24(23)18-27/h4-18,20H,3,19H2,1-2H3,(H,29,30). The van der Waals surface area contributed by atoms with Gasteiger partial charge in [-0.05, 0) is 70.6 Å². The molecule has 1 unspecified atom stereocenters. The van der Waals surface area contributed by atoms with E-state index in [-0.39, 0.29) is 5.91 Å². The minimum atomic E-state index is -0.121. The SMILES string of the molecule is CCC(C)c1ccc(NC(=O)c2cccc(COc3ccc4ccccc4c3)c2)cc1. The van der Waals surface area contributed by atoms with Crippen molar-refractivity contribution in [2.75, 3.05) is 5.32 Å². The molecule has 0 spiro atoms. The van der Waals surface area contributed by atoms with Crippen molar-refractivity contribution >= 4 is 22.4 Å². The van der Waals surface area contributed by atoms with Gasteiger partial charge in [-0.1, -0.05) is 68.4 Å². The third kappa shape index (κ3) is 5.13. The van der Waals surface area contributed by atoms with Gasteiger partial charge in [0.1, 0.15) is 12.4 Å². The minimum Gasteiger partial charge on any atom is -0.489 e. The van der Waals surface area contributed by atoms with Crippen LogP contribution in [0, 0.1) is 0 Å². The van der Waals surface area contributed by atoms with E-state index in [4.69, 9.17) is 4.74 Å². The lowest BCUT2D eigenvalue weighted by Gasteiger charge is -2.11. The van der Waals surface area contributed by atoms with Crippen LogP contribution in [0.3, 0.4) is 0 Å². The van der Waals surface area contributed by atoms with E-state index in [2.05, 4.69) is 49.5 Å². The molecule has 0 aliphatic heterocycles. The highest BCUT2D eigenvalue weighted by molar-refractivity contribution is 6.04. The van der Waals surface area contributed by atoms with Gasteiger partial charge < -0.3 is 10.1 Å². The van der Waals surface area contributed by atoms with Crippen LogP contribution in [-0.2, 0) is 6.61 Å². The van der Waals surface area contributed by atoms with Gasteiger partial charge in [-0.15, -0.1) is 0 Å². The summed E-state index contributed by atoms with van der Waals surface area (Å²) in [7, 11) is 0. The van der Waals surface area contributed by atoms with Crippen molar-refractivity contribution in [1.29, 1.82) is 0 Å². The number of fused-ring (bicyclic) bond motifs is 1. The normalized spacial score (nSPS) is 11.8. The predicted octanol–water partition coefficient (Wildman–Crippen LogP) is 7.18. The number of hydrogen-bond donors (Lipinski definition) is 1. The maximum atomic E-state index is 12.7. The number of amides is 1. The third-order valence-corrected chi connectivity index (χ3v) is 5.67. The molecule has 4 aromatic carbocycles. The van der Waals surface area contributed by atoms with E-state index in [1.807, 2.05) is 60.7 Å². The van der Waals surface area contributed by atoms with Crippen molar-refractivity contribution in [2.24, 2.45) is 0 Å². The van der Waals surface area contributed by atoms with Crippen LogP contribution in [0.4, 0.5) is 5.69 Å². The smallest absolute Gasteiger partial charge is 0.255 e. The molecule has 0 fully saturated rings. The molecule has 3 nitrogen and oxygen atoms in total. The first kappa shape index (κ1) is 20.7. The largest absolute Gasteiger partial charge is 0.489 e. The topological polar surface area (TPSA) is 38.3 Å². The fourth-order valence-electron chi connectivity index (χ4n) is 3.56. The van der Waals surface area contributed by atoms with Crippen LogP contribution in [0.5, 0.6) is 5.75 Å². The molecule has 0 aliphatic carbocycles. The number of carbonyl (C=O) groups excluding carboxylic acids is 1. The Morgan fingerprint density at radius 1 is 0.871 bits per heavy atom. The fourth-order valence-corrected chi connectivity index (χ4v) is 3.56. The summed E-state index contributed by atoms with van der Waals surface area (Å²) in [6.45, 7) is 4.79. The van der Waals surface area contributed by atoms with E-state index in [0.29, 0.717) is 18.1 Å². The molecule has 1 N–H and O–H groups in total. The van der Waals surface area contributed by atoms with Gasteiger partial charge in [0.25, 0.3) is 5.91 Å². The van der Waals surface area contributed by atoms with Crippen molar-refractivity contribution in [3.05, 3.63) is 108 Å². The molecule has 0 aliphatic rings. The summed E-state index contributed by atoms with van der Waals surface area (Å²) in [6.07, 6.45) is 1.10. The zero-order chi connectivity index (χ0) is 21.6. The van der Waals surface area contributed by atoms with Crippen molar-refractivity contribution in [3.63, 3.8) is 0 Å². The summed E-state index contributed by atoms with van der Waals surface area (Å²) in [5, 5.41) is 5.32. The van der Waals surface area contributed by atoms with E-state index in [1.165, 1.54) is 10.9 Å². The number of anilines is 1. The maximum absolute atomic E-state index is 12.7. The second kappa shape index (κ2) is 9.48. The van der Waals surface area contributed by atoms with Crippen LogP contribution in [0.15, 0.2) is 91.0 Å². The van der Waals surface area contributed by atoms with Gasteiger partial charge in [-0.2, -0.15) is 0 Å². The first-order chi connectivity index (χ1) is 15.1. The van der Waals surface area contributed by atoms with Gasteiger partial charge in [0.2, 0.25) is 0 Å². The van der Waals surface area contributed by atoms with Crippen molar-refractivity contribution in [1.82, 2.24) is 0 Å². The summed E-state index contributed by atoms with van der Waals surface area (Å²) in [5.41, 5.74) is 3.65.